The molecule has 1 aromatic carbocycles. The number of thiazole rings is 1. The molecule has 0 fully saturated rings. The van der Waals surface area contributed by atoms with E-state index in [-0.39, 0.29) is 18.0 Å². The van der Waals surface area contributed by atoms with Crippen molar-refractivity contribution in [2.45, 2.75) is 18.4 Å². The number of pyridine rings is 1. The topological polar surface area (TPSA) is 38.4 Å². The summed E-state index contributed by atoms with van der Waals surface area (Å²) < 4.78 is 11.0. The van der Waals surface area contributed by atoms with Gasteiger partial charge in [-0.3, -0.25) is 9.36 Å². The van der Waals surface area contributed by atoms with Crippen LogP contribution in [0.3, 0.4) is 0 Å². The highest BCUT2D eigenvalue weighted by molar-refractivity contribution is 8.08. The van der Waals surface area contributed by atoms with Gasteiger partial charge in [0.25, 0.3) is 5.56 Å². The number of ether oxygens (including phenoxy) is 1. The Morgan fingerprint density at radius 1 is 1.24 bits per heavy atom. The van der Waals surface area contributed by atoms with E-state index in [0.29, 0.717) is 6.54 Å². The van der Waals surface area contributed by atoms with Gasteiger partial charge in [0.15, 0.2) is 6.20 Å². The molecule has 0 bridgehead atoms. The molecule has 0 atom stereocenters. The molecule has 152 valence electrons. The lowest BCUT2D eigenvalue weighted by Crippen LogP contribution is -3.00. The van der Waals surface area contributed by atoms with Crippen LogP contribution < -0.4 is 41.4 Å². The van der Waals surface area contributed by atoms with Crippen molar-refractivity contribution in [1.82, 2.24) is 4.57 Å². The number of aryl methyl sites for hydroxylation is 1. The molecule has 2 aromatic heterocycles. The smallest absolute Gasteiger partial charge is 0.271 e. The molecule has 8 heteroatoms. The van der Waals surface area contributed by atoms with E-state index in [0.717, 1.165) is 36.3 Å². The lowest BCUT2D eigenvalue weighted by atomic mass is 10.3. The first-order chi connectivity index (χ1) is 13.5. The second kappa shape index (κ2) is 8.65. The van der Waals surface area contributed by atoms with Crippen molar-refractivity contribution in [1.29, 1.82) is 0 Å². The Labute approximate surface area is 184 Å². The van der Waals surface area contributed by atoms with E-state index in [9.17, 15) is 4.79 Å². The van der Waals surface area contributed by atoms with Gasteiger partial charge in [-0.05, 0) is 31.2 Å². The molecule has 0 aliphatic carbocycles. The minimum Gasteiger partial charge on any atom is -1.00 e. The number of hydrogen-bond acceptors (Lipinski definition) is 5. The third kappa shape index (κ3) is 3.82. The number of halogens is 1. The lowest BCUT2D eigenvalue weighted by Gasteiger charge is -2.12. The SMILES string of the molecule is CCn1c(=O)/c(=C2\Sc3cc(OC)ccc3N2C)s/c1=C\c1cccc[n+]1C.[Cl-]. The molecule has 0 radical (unpaired) electrons. The first kappa shape index (κ1) is 21.5. The van der Waals surface area contributed by atoms with Crippen molar-refractivity contribution in [2.75, 3.05) is 19.1 Å². The molecule has 3 aromatic rings. The molecule has 0 amide bonds. The average molecular weight is 448 g/mol. The van der Waals surface area contributed by atoms with E-state index in [1.54, 1.807) is 30.2 Å². The fourth-order valence-corrected chi connectivity index (χ4v) is 5.73. The van der Waals surface area contributed by atoms with Gasteiger partial charge in [0.2, 0.25) is 5.69 Å². The van der Waals surface area contributed by atoms with Gasteiger partial charge in [-0.15, -0.1) is 11.3 Å². The summed E-state index contributed by atoms with van der Waals surface area (Å²) in [5.41, 5.74) is 2.21. The summed E-state index contributed by atoms with van der Waals surface area (Å²) in [6.07, 6.45) is 4.09. The number of benzene rings is 1. The van der Waals surface area contributed by atoms with Gasteiger partial charge in [-0.2, -0.15) is 0 Å². The van der Waals surface area contributed by atoms with E-state index >= 15 is 0 Å². The zero-order chi connectivity index (χ0) is 19.8. The first-order valence-electron chi connectivity index (χ1n) is 9.03. The largest absolute Gasteiger partial charge is 1.00 e. The highest BCUT2D eigenvalue weighted by atomic mass is 35.5. The van der Waals surface area contributed by atoms with Crippen LogP contribution >= 0.6 is 23.1 Å². The van der Waals surface area contributed by atoms with Crippen LogP contribution in [0.2, 0.25) is 0 Å². The molecular formula is C21H22ClN3O2S2. The Hall–Kier alpha value is -2.22. The van der Waals surface area contributed by atoms with Gasteiger partial charge in [0.05, 0.1) is 12.8 Å². The van der Waals surface area contributed by atoms with Crippen LogP contribution in [0.5, 0.6) is 5.75 Å². The number of hydrogen-bond donors (Lipinski definition) is 0. The molecular weight excluding hydrogens is 426 g/mol. The molecule has 1 aliphatic heterocycles. The van der Waals surface area contributed by atoms with Gasteiger partial charge in [-0.1, -0.05) is 11.8 Å². The molecule has 4 rings (SSSR count). The second-order valence-electron chi connectivity index (χ2n) is 6.50. The standard InChI is InChI=1S/C21H22N3O2S2.ClH/c1-5-24-18(12-14-8-6-7-11-22(14)2)28-19(20(24)25)21-23(3)16-10-9-15(26-4)13-17(16)27-21;/h6-13H,5H2,1-4H3;1H/q+1;/p-1/b21-19+;. The van der Waals surface area contributed by atoms with Crippen molar-refractivity contribution >= 4 is 39.9 Å². The number of thioether (sulfide) groups is 1. The maximum Gasteiger partial charge on any atom is 0.271 e. The van der Waals surface area contributed by atoms with E-state index in [2.05, 4.69) is 21.6 Å². The van der Waals surface area contributed by atoms with Gasteiger partial charge < -0.3 is 22.0 Å². The van der Waals surface area contributed by atoms with Gasteiger partial charge in [-0.25, -0.2) is 4.57 Å². The van der Waals surface area contributed by atoms with Crippen molar-refractivity contribution in [3.8, 4) is 5.75 Å². The summed E-state index contributed by atoms with van der Waals surface area (Å²) in [5, 5.41) is 0.970. The molecule has 0 N–H and O–H groups in total. The molecule has 0 saturated heterocycles. The third-order valence-electron chi connectivity index (χ3n) is 4.83. The third-order valence-corrected chi connectivity index (χ3v) is 7.30. The van der Waals surface area contributed by atoms with E-state index in [1.165, 1.54) is 0 Å². The summed E-state index contributed by atoms with van der Waals surface area (Å²) in [7, 11) is 5.69. The minimum absolute atomic E-state index is 0. The summed E-state index contributed by atoms with van der Waals surface area (Å²) >= 11 is 3.17. The molecule has 5 nitrogen and oxygen atoms in total. The summed E-state index contributed by atoms with van der Waals surface area (Å²) in [6.45, 7) is 2.65. The number of rotatable bonds is 3. The maximum atomic E-state index is 13.2. The molecule has 0 unspecified atom stereocenters. The second-order valence-corrected chi connectivity index (χ2v) is 8.56. The monoisotopic (exact) mass is 447 g/mol. The van der Waals surface area contributed by atoms with Crippen molar-refractivity contribution in [2.24, 2.45) is 7.05 Å². The number of methoxy groups -OCH3 is 1. The molecule has 0 spiro atoms. The Balaban J connectivity index is 0.00000240. The number of fused-ring (bicyclic) bond motifs is 1. The van der Waals surface area contributed by atoms with Crippen molar-refractivity contribution in [3.63, 3.8) is 0 Å². The summed E-state index contributed by atoms with van der Waals surface area (Å²) in [5.74, 6) is 0.823. The molecule has 1 aliphatic rings. The molecule has 3 heterocycles. The number of anilines is 1. The van der Waals surface area contributed by atoms with Crippen molar-refractivity contribution < 1.29 is 21.7 Å². The summed E-state index contributed by atoms with van der Waals surface area (Å²) in [6, 6.07) is 12.1. The Bertz CT molecular complexity index is 1230. The van der Waals surface area contributed by atoms with Crippen LogP contribution in [0.25, 0.3) is 11.1 Å². The number of aromatic nitrogens is 2. The highest BCUT2D eigenvalue weighted by Gasteiger charge is 2.25. The van der Waals surface area contributed by atoms with Crippen molar-refractivity contribution in [3.05, 3.63) is 67.8 Å². The Morgan fingerprint density at radius 2 is 2.03 bits per heavy atom. The van der Waals surface area contributed by atoms with Crippen LogP contribution in [0.4, 0.5) is 5.69 Å². The average Bonchev–Trinajstić information content (AvgIpc) is 3.19. The van der Waals surface area contributed by atoms with Gasteiger partial charge in [0.1, 0.15) is 27.0 Å². The van der Waals surface area contributed by atoms with Crippen LogP contribution in [0.15, 0.2) is 52.3 Å². The zero-order valence-corrected chi connectivity index (χ0v) is 19.1. The quantitative estimate of drug-likeness (QED) is 0.478. The van der Waals surface area contributed by atoms with E-state index in [1.807, 2.05) is 62.1 Å². The normalized spacial score (nSPS) is 15.3. The minimum atomic E-state index is 0. The predicted molar refractivity (Wildman–Crippen MR) is 115 cm³/mol. The lowest BCUT2D eigenvalue weighted by molar-refractivity contribution is -0.673. The zero-order valence-electron chi connectivity index (χ0n) is 16.7. The Kier molecular flexibility index (Phi) is 6.41. The molecule has 0 saturated carbocycles. The maximum absolute atomic E-state index is 13.2. The predicted octanol–water partition coefficient (Wildman–Crippen LogP) is -1.10. The first-order valence-corrected chi connectivity index (χ1v) is 10.7. The van der Waals surface area contributed by atoms with E-state index in [4.69, 9.17) is 4.74 Å². The fourth-order valence-electron chi connectivity index (χ4n) is 3.24. The van der Waals surface area contributed by atoms with Crippen LogP contribution in [-0.2, 0) is 13.6 Å². The highest BCUT2D eigenvalue weighted by Crippen LogP contribution is 2.46. The summed E-state index contributed by atoms with van der Waals surface area (Å²) in [4.78, 5) is 16.4. The van der Waals surface area contributed by atoms with Crippen LogP contribution in [0, 0.1) is 0 Å². The van der Waals surface area contributed by atoms with Crippen LogP contribution in [0.1, 0.15) is 12.6 Å². The van der Waals surface area contributed by atoms with Crippen LogP contribution in [-0.4, -0.2) is 18.7 Å². The van der Waals surface area contributed by atoms with E-state index < -0.39 is 0 Å². The van der Waals surface area contributed by atoms with Gasteiger partial charge in [0, 0.05) is 36.7 Å². The number of nitrogens with zero attached hydrogens (tertiary/aromatic N) is 3. The van der Waals surface area contributed by atoms with Gasteiger partial charge >= 0.3 is 0 Å². The fraction of sp³-hybridized carbons (Fsp3) is 0.238. The Morgan fingerprint density at radius 3 is 2.72 bits per heavy atom. The molecule has 29 heavy (non-hydrogen) atoms.